The summed E-state index contributed by atoms with van der Waals surface area (Å²) in [6.07, 6.45) is 0. The van der Waals surface area contributed by atoms with Gasteiger partial charge in [0.15, 0.2) is 0 Å². The van der Waals surface area contributed by atoms with Crippen molar-refractivity contribution in [2.24, 2.45) is 5.73 Å². The summed E-state index contributed by atoms with van der Waals surface area (Å²) in [7, 11) is -4.01. The number of benzene rings is 2. The second kappa shape index (κ2) is 5.53. The minimum Gasteiger partial charge on any atom is -0.366 e. The molecule has 0 aromatic heterocycles. The number of sulfonamides is 1. The molecular formula is C14H13FN2O3S. The van der Waals surface area contributed by atoms with Gasteiger partial charge in [-0.3, -0.25) is 9.52 Å². The zero-order valence-electron chi connectivity index (χ0n) is 11.1. The molecule has 7 heteroatoms. The van der Waals surface area contributed by atoms with Gasteiger partial charge >= 0.3 is 0 Å². The van der Waals surface area contributed by atoms with Crippen LogP contribution in [0.25, 0.3) is 0 Å². The van der Waals surface area contributed by atoms with E-state index >= 15 is 0 Å². The zero-order valence-corrected chi connectivity index (χ0v) is 11.9. The Hall–Kier alpha value is -2.41. The highest BCUT2D eigenvalue weighted by Crippen LogP contribution is 2.20. The van der Waals surface area contributed by atoms with Crippen molar-refractivity contribution in [3.8, 4) is 0 Å². The van der Waals surface area contributed by atoms with E-state index in [2.05, 4.69) is 4.72 Å². The quantitative estimate of drug-likeness (QED) is 0.905. The second-order valence-electron chi connectivity index (χ2n) is 4.43. The molecule has 0 spiro atoms. The lowest BCUT2D eigenvalue weighted by Gasteiger charge is -2.10. The summed E-state index contributed by atoms with van der Waals surface area (Å²) >= 11 is 0. The van der Waals surface area contributed by atoms with Gasteiger partial charge in [-0.05, 0) is 36.8 Å². The molecule has 2 aromatic carbocycles. The fourth-order valence-corrected chi connectivity index (χ4v) is 2.87. The molecule has 0 heterocycles. The van der Waals surface area contributed by atoms with Crippen LogP contribution in [0.2, 0.25) is 0 Å². The van der Waals surface area contributed by atoms with Crippen molar-refractivity contribution in [3.05, 3.63) is 59.4 Å². The van der Waals surface area contributed by atoms with Crippen LogP contribution in [0.4, 0.5) is 10.1 Å². The summed E-state index contributed by atoms with van der Waals surface area (Å²) < 4.78 is 40.1. The number of aryl methyl sites for hydroxylation is 1. The number of carbonyl (C=O) groups is 1. The lowest BCUT2D eigenvalue weighted by Crippen LogP contribution is -2.17. The molecule has 0 aliphatic carbocycles. The van der Waals surface area contributed by atoms with Crippen LogP contribution in [0.15, 0.2) is 47.4 Å². The molecule has 0 atom stereocenters. The van der Waals surface area contributed by atoms with Gasteiger partial charge in [0.2, 0.25) is 5.91 Å². The van der Waals surface area contributed by atoms with Crippen molar-refractivity contribution in [3.63, 3.8) is 0 Å². The van der Waals surface area contributed by atoms with Crippen molar-refractivity contribution in [1.82, 2.24) is 0 Å². The Balaban J connectivity index is 2.43. The van der Waals surface area contributed by atoms with Crippen molar-refractivity contribution in [2.45, 2.75) is 11.8 Å². The van der Waals surface area contributed by atoms with E-state index in [1.54, 1.807) is 6.92 Å². The molecule has 21 heavy (non-hydrogen) atoms. The fraction of sp³-hybridized carbons (Fsp3) is 0.0714. The van der Waals surface area contributed by atoms with Crippen LogP contribution in [-0.4, -0.2) is 14.3 Å². The van der Waals surface area contributed by atoms with Gasteiger partial charge < -0.3 is 5.73 Å². The van der Waals surface area contributed by atoms with Crippen molar-refractivity contribution >= 4 is 21.6 Å². The molecule has 0 saturated heterocycles. The van der Waals surface area contributed by atoms with E-state index in [4.69, 9.17) is 5.73 Å². The highest BCUT2D eigenvalue weighted by atomic mass is 32.2. The third kappa shape index (κ3) is 3.19. The predicted octanol–water partition coefficient (Wildman–Crippen LogP) is 2.03. The number of nitrogens with one attached hydrogen (secondary N) is 1. The molecule has 110 valence electrons. The maximum atomic E-state index is 13.5. The highest BCUT2D eigenvalue weighted by Gasteiger charge is 2.18. The first-order chi connectivity index (χ1) is 9.81. The largest absolute Gasteiger partial charge is 0.366 e. The van der Waals surface area contributed by atoms with Crippen molar-refractivity contribution in [2.75, 3.05) is 4.72 Å². The third-order valence-electron chi connectivity index (χ3n) is 2.90. The van der Waals surface area contributed by atoms with Gasteiger partial charge in [-0.15, -0.1) is 0 Å². The van der Waals surface area contributed by atoms with Crippen molar-refractivity contribution in [1.29, 1.82) is 0 Å². The summed E-state index contributed by atoms with van der Waals surface area (Å²) in [4.78, 5) is 11.1. The minimum absolute atomic E-state index is 0.103. The van der Waals surface area contributed by atoms with Gasteiger partial charge in [-0.2, -0.15) is 0 Å². The van der Waals surface area contributed by atoms with E-state index in [9.17, 15) is 17.6 Å². The number of carbonyl (C=O) groups excluding carboxylic acids is 1. The molecule has 0 aliphatic rings. The molecule has 5 nitrogen and oxygen atoms in total. The Kier molecular flexibility index (Phi) is 3.95. The molecule has 0 unspecified atom stereocenters. The highest BCUT2D eigenvalue weighted by molar-refractivity contribution is 7.92. The number of primary amides is 1. The average Bonchev–Trinajstić information content (AvgIpc) is 2.41. The van der Waals surface area contributed by atoms with Gasteiger partial charge in [0.1, 0.15) is 5.82 Å². The van der Waals surface area contributed by atoms with E-state index in [1.807, 2.05) is 0 Å². The summed E-state index contributed by atoms with van der Waals surface area (Å²) in [5.41, 5.74) is 5.69. The Morgan fingerprint density at radius 2 is 1.86 bits per heavy atom. The van der Waals surface area contributed by atoms with Crippen LogP contribution in [0.5, 0.6) is 0 Å². The van der Waals surface area contributed by atoms with Gasteiger partial charge in [0.05, 0.1) is 10.6 Å². The molecule has 0 radical (unpaired) electrons. The first kappa shape index (κ1) is 15.0. The van der Waals surface area contributed by atoms with Crippen molar-refractivity contribution < 1.29 is 17.6 Å². The number of halogens is 1. The molecule has 3 N–H and O–H groups in total. The first-order valence-corrected chi connectivity index (χ1v) is 7.47. The molecule has 1 amide bonds. The molecule has 2 rings (SSSR count). The Morgan fingerprint density at radius 3 is 2.48 bits per heavy atom. The van der Waals surface area contributed by atoms with Crippen LogP contribution in [0, 0.1) is 12.7 Å². The summed E-state index contributed by atoms with van der Waals surface area (Å²) in [6, 6.07) is 9.36. The van der Waals surface area contributed by atoms with E-state index in [0.29, 0.717) is 5.56 Å². The van der Waals surface area contributed by atoms with Gasteiger partial charge in [0, 0.05) is 5.56 Å². The standard InChI is InChI=1S/C14H13FN2O3S/c1-9-6-7-10(8-11(9)14(16)18)21(19,20)17-13-5-3-2-4-12(13)15/h2-8,17H,1H3,(H2,16,18). The lowest BCUT2D eigenvalue weighted by atomic mass is 10.1. The Bertz CT molecular complexity index is 804. The number of hydrogen-bond acceptors (Lipinski definition) is 3. The average molecular weight is 308 g/mol. The Morgan fingerprint density at radius 1 is 1.19 bits per heavy atom. The molecule has 0 saturated carbocycles. The van der Waals surface area contributed by atoms with Gasteiger partial charge in [-0.25, -0.2) is 12.8 Å². The predicted molar refractivity (Wildman–Crippen MR) is 76.9 cm³/mol. The molecule has 0 aliphatic heterocycles. The first-order valence-electron chi connectivity index (χ1n) is 5.99. The summed E-state index contributed by atoms with van der Waals surface area (Å²) in [5, 5.41) is 0. The number of rotatable bonds is 4. The van der Waals surface area contributed by atoms with Crippen LogP contribution < -0.4 is 10.5 Å². The molecule has 0 fully saturated rings. The maximum absolute atomic E-state index is 13.5. The number of amides is 1. The number of para-hydroxylation sites is 1. The topological polar surface area (TPSA) is 89.3 Å². The van der Waals surface area contributed by atoms with E-state index < -0.39 is 21.7 Å². The van der Waals surface area contributed by atoms with Crippen LogP contribution in [0.3, 0.4) is 0 Å². The summed E-state index contributed by atoms with van der Waals surface area (Å²) in [5.74, 6) is -1.42. The fourth-order valence-electron chi connectivity index (χ4n) is 1.78. The number of nitrogens with two attached hydrogens (primary N) is 1. The Labute approximate surface area is 121 Å². The van der Waals surface area contributed by atoms with E-state index in [-0.39, 0.29) is 16.1 Å². The van der Waals surface area contributed by atoms with E-state index in [0.717, 1.165) is 6.07 Å². The van der Waals surface area contributed by atoms with Crippen LogP contribution in [-0.2, 0) is 10.0 Å². The zero-order chi connectivity index (χ0) is 15.6. The number of anilines is 1. The molecule has 2 aromatic rings. The van der Waals surface area contributed by atoms with Gasteiger partial charge in [-0.1, -0.05) is 18.2 Å². The van der Waals surface area contributed by atoms with E-state index in [1.165, 1.54) is 36.4 Å². The van der Waals surface area contributed by atoms with Crippen LogP contribution >= 0.6 is 0 Å². The SMILES string of the molecule is Cc1ccc(S(=O)(=O)Nc2ccccc2F)cc1C(N)=O. The number of hydrogen-bond donors (Lipinski definition) is 2. The van der Waals surface area contributed by atoms with Crippen LogP contribution in [0.1, 0.15) is 15.9 Å². The minimum atomic E-state index is -4.01. The molecular weight excluding hydrogens is 295 g/mol. The second-order valence-corrected chi connectivity index (χ2v) is 6.11. The third-order valence-corrected chi connectivity index (χ3v) is 4.27. The monoisotopic (exact) mass is 308 g/mol. The summed E-state index contributed by atoms with van der Waals surface area (Å²) in [6.45, 7) is 1.64. The van der Waals surface area contributed by atoms with Gasteiger partial charge in [0.25, 0.3) is 10.0 Å². The maximum Gasteiger partial charge on any atom is 0.262 e. The smallest absolute Gasteiger partial charge is 0.262 e. The lowest BCUT2D eigenvalue weighted by molar-refractivity contribution is 0.0999. The molecule has 0 bridgehead atoms. The normalized spacial score (nSPS) is 11.1.